The molecule has 5 atom stereocenters. The Morgan fingerprint density at radius 1 is 0.868 bits per heavy atom. The molecule has 0 unspecified atom stereocenters. The summed E-state index contributed by atoms with van der Waals surface area (Å²) in [7, 11) is -2.09. The number of ketones is 1. The van der Waals surface area contributed by atoms with E-state index in [0.717, 1.165) is 83.5 Å². The highest BCUT2D eigenvalue weighted by Gasteiger charge is 2.70. The monoisotopic (exact) mass is 760 g/mol. The Balaban J connectivity index is 1.23. The van der Waals surface area contributed by atoms with Gasteiger partial charge in [-0.2, -0.15) is 0 Å². The maximum absolute atomic E-state index is 15.0. The average Bonchev–Trinajstić information content (AvgIpc) is 4.07. The van der Waals surface area contributed by atoms with E-state index >= 15 is 0 Å². The summed E-state index contributed by atoms with van der Waals surface area (Å²) in [6, 6.07) is -3.30. The summed E-state index contributed by atoms with van der Waals surface area (Å²) in [4.78, 5) is 71.4. The highest BCUT2D eigenvalue weighted by molar-refractivity contribution is 7.89. The predicted octanol–water partition coefficient (Wildman–Crippen LogP) is 3.61. The normalized spacial score (nSPS) is 28.3. The quantitative estimate of drug-likeness (QED) is 0.174. The van der Waals surface area contributed by atoms with Crippen molar-refractivity contribution in [2.75, 3.05) is 25.9 Å². The van der Waals surface area contributed by atoms with Crippen molar-refractivity contribution in [3.05, 3.63) is 0 Å². The molecule has 0 spiro atoms. The van der Waals surface area contributed by atoms with E-state index < -0.39 is 62.7 Å². The molecule has 298 valence electrons. The van der Waals surface area contributed by atoms with E-state index in [4.69, 9.17) is 0 Å². The van der Waals surface area contributed by atoms with Crippen LogP contribution >= 0.6 is 0 Å². The van der Waals surface area contributed by atoms with Gasteiger partial charge in [-0.1, -0.05) is 79.1 Å². The molecule has 13 nitrogen and oxygen atoms in total. The second-order valence-corrected chi connectivity index (χ2v) is 20.4. The van der Waals surface area contributed by atoms with Crippen molar-refractivity contribution in [3.63, 3.8) is 0 Å². The summed E-state index contributed by atoms with van der Waals surface area (Å²) in [5.74, 6) is -1.79. The molecule has 4 N–H and O–H groups in total. The number of carbonyl (C=O) groups excluding carboxylic acids is 5. The van der Waals surface area contributed by atoms with Crippen molar-refractivity contribution >= 4 is 39.6 Å². The van der Waals surface area contributed by atoms with Gasteiger partial charge in [-0.05, 0) is 80.0 Å². The van der Waals surface area contributed by atoms with Crippen LogP contribution in [0.1, 0.15) is 130 Å². The third-order valence-corrected chi connectivity index (χ3v) is 16.0. The first-order chi connectivity index (χ1) is 25.0. The Kier molecular flexibility index (Phi) is 11.6. The topological polar surface area (TPSA) is 174 Å². The maximum Gasteiger partial charge on any atom is 0.315 e. The van der Waals surface area contributed by atoms with E-state index in [0.29, 0.717) is 38.3 Å². The van der Waals surface area contributed by atoms with Gasteiger partial charge < -0.3 is 26.2 Å². The number of sulfonamides is 1. The molecule has 0 aromatic rings. The van der Waals surface area contributed by atoms with Gasteiger partial charge in [0.15, 0.2) is 0 Å². The van der Waals surface area contributed by atoms with E-state index in [1.807, 2.05) is 6.92 Å². The van der Waals surface area contributed by atoms with Crippen LogP contribution in [-0.2, 0) is 29.2 Å². The number of nitrogens with one attached hydrogen (secondary N) is 4. The van der Waals surface area contributed by atoms with Gasteiger partial charge >= 0.3 is 6.03 Å². The molecule has 1 aliphatic heterocycles. The lowest BCUT2D eigenvalue weighted by atomic mass is 9.70. The number of piperidine rings is 1. The molecule has 0 radical (unpaired) electrons. The van der Waals surface area contributed by atoms with Gasteiger partial charge in [-0.15, -0.1) is 0 Å². The smallest absolute Gasteiger partial charge is 0.315 e. The van der Waals surface area contributed by atoms with Crippen LogP contribution in [-0.4, -0.2) is 103 Å². The van der Waals surface area contributed by atoms with Gasteiger partial charge in [0.1, 0.15) is 12.1 Å². The summed E-state index contributed by atoms with van der Waals surface area (Å²) in [5, 5.41) is 11.9. The van der Waals surface area contributed by atoms with Gasteiger partial charge in [0.05, 0.1) is 17.3 Å². The number of carbonyl (C=O) groups is 5. The minimum atomic E-state index is -3.64. The zero-order valence-corrected chi connectivity index (χ0v) is 33.5. The molecule has 1 heterocycles. The van der Waals surface area contributed by atoms with Crippen molar-refractivity contribution in [3.8, 4) is 0 Å². The zero-order chi connectivity index (χ0) is 38.3. The number of hydrogen-bond acceptors (Lipinski definition) is 7. The lowest BCUT2D eigenvalue weighted by Gasteiger charge is -2.44. The van der Waals surface area contributed by atoms with Crippen LogP contribution in [0.15, 0.2) is 0 Å². The third kappa shape index (κ3) is 8.89. The highest BCUT2D eigenvalue weighted by Crippen LogP contribution is 2.65. The molecule has 53 heavy (non-hydrogen) atoms. The highest BCUT2D eigenvalue weighted by atomic mass is 32.2. The fraction of sp³-hybridized carbons (Fsp3) is 0.872. The standard InChI is InChI=1S/C39H64N6O7S/c1-6-44(5)53(51,52)24-39(21-11-8-12-22-39)43-36(50)42-32(38(4)19-9-7-10-20-38)35(49)45-23-27-29(37(27,2)3)30(45)33(47)41-28(18-15-25-13-14-25)31(46)34(48)40-26-16-17-26/h25-30,32H,6-24H2,1-5H3,(H,40,48)(H,41,47)(H2,42,43,50)/t27-,28-,29-,30-,32+/m0/s1. The van der Waals surface area contributed by atoms with Gasteiger partial charge in [0.25, 0.3) is 5.91 Å². The summed E-state index contributed by atoms with van der Waals surface area (Å²) < 4.78 is 27.9. The average molecular weight is 761 g/mol. The molecular weight excluding hydrogens is 697 g/mol. The number of urea groups is 1. The van der Waals surface area contributed by atoms with Crippen molar-refractivity contribution in [2.24, 2.45) is 28.6 Å². The predicted molar refractivity (Wildman–Crippen MR) is 201 cm³/mol. The van der Waals surface area contributed by atoms with Crippen molar-refractivity contribution in [1.29, 1.82) is 0 Å². The van der Waals surface area contributed by atoms with Crippen LogP contribution in [0.2, 0.25) is 0 Å². The van der Waals surface area contributed by atoms with Crippen molar-refractivity contribution < 1.29 is 32.4 Å². The maximum atomic E-state index is 15.0. The number of nitrogens with zero attached hydrogens (tertiary/aromatic N) is 2. The number of likely N-dealkylation sites (tertiary alicyclic amines) is 1. The molecule has 5 saturated carbocycles. The molecule has 14 heteroatoms. The van der Waals surface area contributed by atoms with E-state index in [2.05, 4.69) is 35.1 Å². The molecule has 5 aliphatic carbocycles. The van der Waals surface area contributed by atoms with Crippen LogP contribution in [0.25, 0.3) is 0 Å². The first-order valence-corrected chi connectivity index (χ1v) is 22.1. The zero-order valence-electron chi connectivity index (χ0n) is 32.6. The first kappa shape index (κ1) is 39.9. The van der Waals surface area contributed by atoms with Crippen LogP contribution in [0.4, 0.5) is 4.79 Å². The molecule has 6 rings (SSSR count). The Morgan fingerprint density at radius 3 is 2.08 bits per heavy atom. The van der Waals surface area contributed by atoms with Crippen LogP contribution < -0.4 is 21.3 Å². The molecule has 0 aromatic heterocycles. The molecule has 1 saturated heterocycles. The third-order valence-electron chi connectivity index (χ3n) is 13.9. The van der Waals surface area contributed by atoms with Crippen LogP contribution in [0.3, 0.4) is 0 Å². The Hall–Kier alpha value is -2.74. The van der Waals surface area contributed by atoms with E-state index in [-0.39, 0.29) is 35.0 Å². The first-order valence-electron chi connectivity index (χ1n) is 20.5. The second-order valence-electron chi connectivity index (χ2n) is 18.3. The van der Waals surface area contributed by atoms with Crippen LogP contribution in [0.5, 0.6) is 0 Å². The molecule has 6 fully saturated rings. The van der Waals surface area contributed by atoms with Gasteiger partial charge in [0, 0.05) is 26.2 Å². The fourth-order valence-corrected chi connectivity index (χ4v) is 11.4. The Morgan fingerprint density at radius 2 is 1.49 bits per heavy atom. The summed E-state index contributed by atoms with van der Waals surface area (Å²) >= 11 is 0. The van der Waals surface area contributed by atoms with E-state index in [9.17, 15) is 32.4 Å². The van der Waals surface area contributed by atoms with Gasteiger partial charge in [-0.3, -0.25) is 19.2 Å². The fourth-order valence-electron chi connectivity index (χ4n) is 9.74. The lowest BCUT2D eigenvalue weighted by Crippen LogP contribution is -2.65. The summed E-state index contributed by atoms with van der Waals surface area (Å²) in [6.07, 6.45) is 12.9. The van der Waals surface area contributed by atoms with E-state index in [1.54, 1.807) is 18.9 Å². The number of hydrogen-bond donors (Lipinski definition) is 4. The Labute approximate surface area is 316 Å². The molecule has 5 amide bonds. The summed E-state index contributed by atoms with van der Waals surface area (Å²) in [5.41, 5.74) is -1.72. The van der Waals surface area contributed by atoms with Crippen molar-refractivity contribution in [1.82, 2.24) is 30.5 Å². The van der Waals surface area contributed by atoms with Gasteiger partial charge in [-0.25, -0.2) is 17.5 Å². The minimum absolute atomic E-state index is 0.0139. The SMILES string of the molecule is CCN(C)S(=O)(=O)CC1(NC(=O)N[C@H](C(=O)N2C[C@H]3[C@@H]([C@H]2C(=O)N[C@@H](CCC2CC2)C(=O)C(=O)NC2CC2)C3(C)C)C2(C)CCCCC2)CCCCC1. The van der Waals surface area contributed by atoms with E-state index in [1.165, 1.54) is 4.31 Å². The molecule has 6 aliphatic rings. The number of amides is 5. The molecule has 0 aromatic carbocycles. The molecule has 0 bridgehead atoms. The largest absolute Gasteiger partial charge is 0.347 e. The minimum Gasteiger partial charge on any atom is -0.347 e. The number of rotatable bonds is 16. The van der Waals surface area contributed by atoms with Crippen LogP contribution in [0, 0.1) is 28.6 Å². The van der Waals surface area contributed by atoms with Crippen molar-refractivity contribution in [2.45, 2.75) is 160 Å². The number of Topliss-reactive ketones (excluding diaryl/α,β-unsaturated/α-hetero) is 1. The Bertz CT molecular complexity index is 1530. The molecular formula is C39H64N6O7S. The lowest BCUT2D eigenvalue weighted by molar-refractivity contribution is -0.146. The number of fused-ring (bicyclic) bond motifs is 1. The second kappa shape index (κ2) is 15.4. The van der Waals surface area contributed by atoms with Gasteiger partial charge in [0.2, 0.25) is 27.6 Å². The summed E-state index contributed by atoms with van der Waals surface area (Å²) in [6.45, 7) is 8.70.